The topological polar surface area (TPSA) is 49.3 Å². The van der Waals surface area contributed by atoms with Gasteiger partial charge in [0.05, 0.1) is 21.5 Å². The molecule has 0 bridgehead atoms. The standard InChI is InChI=1S/C15H15Cl2NO2S/c1-7-11(15(19)20)12(14(21-3)8(2)18-7)9-5-4-6-10(16)13(9)17/h4-6,12,18H,1-3H3,(H,19,20). The number of aliphatic carboxylic acids is 1. The maximum atomic E-state index is 11.7. The molecule has 1 atom stereocenters. The van der Waals surface area contributed by atoms with E-state index >= 15 is 0 Å². The van der Waals surface area contributed by atoms with Crippen molar-refractivity contribution in [3.05, 3.63) is 55.7 Å². The lowest BCUT2D eigenvalue weighted by Gasteiger charge is -2.30. The molecule has 0 saturated heterocycles. The summed E-state index contributed by atoms with van der Waals surface area (Å²) in [6, 6.07) is 5.30. The van der Waals surface area contributed by atoms with Crippen molar-refractivity contribution in [2.45, 2.75) is 19.8 Å². The van der Waals surface area contributed by atoms with Gasteiger partial charge in [0, 0.05) is 16.3 Å². The summed E-state index contributed by atoms with van der Waals surface area (Å²) in [5, 5.41) is 13.5. The van der Waals surface area contributed by atoms with Crippen LogP contribution in [-0.2, 0) is 4.79 Å². The number of thioether (sulfide) groups is 1. The number of benzene rings is 1. The van der Waals surface area contributed by atoms with Gasteiger partial charge in [-0.25, -0.2) is 4.79 Å². The highest BCUT2D eigenvalue weighted by molar-refractivity contribution is 8.02. The molecule has 1 aromatic carbocycles. The Morgan fingerprint density at radius 2 is 1.95 bits per heavy atom. The largest absolute Gasteiger partial charge is 0.478 e. The summed E-state index contributed by atoms with van der Waals surface area (Å²) in [6.07, 6.45) is 1.92. The molecule has 0 fully saturated rings. The number of carbonyl (C=O) groups is 1. The van der Waals surface area contributed by atoms with Crippen LogP contribution < -0.4 is 5.32 Å². The third kappa shape index (κ3) is 2.93. The number of rotatable bonds is 3. The van der Waals surface area contributed by atoms with Crippen LogP contribution in [0.15, 0.2) is 40.1 Å². The SMILES string of the molecule is CSC1=C(C)NC(C)=C(C(=O)O)C1c1cccc(Cl)c1Cl. The second kappa shape index (κ2) is 6.34. The van der Waals surface area contributed by atoms with Crippen LogP contribution >= 0.6 is 35.0 Å². The van der Waals surface area contributed by atoms with Crippen LogP contribution in [0.5, 0.6) is 0 Å². The monoisotopic (exact) mass is 343 g/mol. The molecule has 2 N–H and O–H groups in total. The van der Waals surface area contributed by atoms with Gasteiger partial charge in [-0.05, 0) is 31.7 Å². The van der Waals surface area contributed by atoms with Crippen molar-refractivity contribution in [2.75, 3.05) is 6.26 Å². The second-order valence-corrected chi connectivity index (χ2v) is 6.37. The van der Waals surface area contributed by atoms with Crippen molar-refractivity contribution >= 4 is 40.9 Å². The molecule has 1 aliphatic rings. The maximum absolute atomic E-state index is 11.7. The van der Waals surface area contributed by atoms with Crippen LogP contribution in [0.2, 0.25) is 10.0 Å². The first-order valence-corrected chi connectivity index (χ1v) is 8.26. The Morgan fingerprint density at radius 1 is 1.29 bits per heavy atom. The van der Waals surface area contributed by atoms with Gasteiger partial charge in [0.2, 0.25) is 0 Å². The van der Waals surface area contributed by atoms with Gasteiger partial charge in [-0.2, -0.15) is 0 Å². The molecule has 6 heteroatoms. The number of carboxylic acids is 1. The summed E-state index contributed by atoms with van der Waals surface area (Å²) in [5.41, 5.74) is 2.57. The minimum atomic E-state index is -0.958. The van der Waals surface area contributed by atoms with E-state index in [1.54, 1.807) is 19.1 Å². The minimum Gasteiger partial charge on any atom is -0.478 e. The van der Waals surface area contributed by atoms with Crippen LogP contribution in [-0.4, -0.2) is 17.3 Å². The van der Waals surface area contributed by atoms with Crippen molar-refractivity contribution in [2.24, 2.45) is 0 Å². The zero-order chi connectivity index (χ0) is 15.7. The zero-order valence-corrected chi connectivity index (χ0v) is 14.2. The Balaban J connectivity index is 2.71. The fourth-order valence-electron chi connectivity index (χ4n) is 2.57. The number of allylic oxidation sites excluding steroid dienone is 3. The van der Waals surface area contributed by atoms with Crippen molar-refractivity contribution in [3.63, 3.8) is 0 Å². The highest BCUT2D eigenvalue weighted by Crippen LogP contribution is 2.45. The number of halogens is 2. The third-order valence-electron chi connectivity index (χ3n) is 3.44. The number of nitrogens with one attached hydrogen (secondary N) is 1. The summed E-state index contributed by atoms with van der Waals surface area (Å²) in [7, 11) is 0. The summed E-state index contributed by atoms with van der Waals surface area (Å²) in [6.45, 7) is 3.69. The highest BCUT2D eigenvalue weighted by atomic mass is 35.5. The molecule has 1 heterocycles. The van der Waals surface area contributed by atoms with E-state index in [-0.39, 0.29) is 0 Å². The van der Waals surface area contributed by atoms with Crippen molar-refractivity contribution in [1.29, 1.82) is 0 Å². The van der Waals surface area contributed by atoms with Crippen LogP contribution in [0.1, 0.15) is 25.3 Å². The highest BCUT2D eigenvalue weighted by Gasteiger charge is 2.34. The van der Waals surface area contributed by atoms with Crippen molar-refractivity contribution < 1.29 is 9.90 Å². The molecule has 0 radical (unpaired) electrons. The first-order valence-electron chi connectivity index (χ1n) is 6.28. The van der Waals surface area contributed by atoms with Crippen LogP contribution in [0, 0.1) is 0 Å². The van der Waals surface area contributed by atoms with E-state index in [4.69, 9.17) is 23.2 Å². The molecule has 0 amide bonds. The zero-order valence-electron chi connectivity index (χ0n) is 11.8. The Labute approximate surface area is 138 Å². The predicted molar refractivity (Wildman–Crippen MR) is 88.9 cm³/mol. The predicted octanol–water partition coefficient (Wildman–Crippen LogP) is 4.63. The summed E-state index contributed by atoms with van der Waals surface area (Å²) in [4.78, 5) is 12.6. The van der Waals surface area contributed by atoms with Crippen LogP contribution in [0.4, 0.5) is 0 Å². The molecule has 21 heavy (non-hydrogen) atoms. The molecule has 0 aliphatic carbocycles. The minimum absolute atomic E-state index is 0.300. The van der Waals surface area contributed by atoms with Crippen LogP contribution in [0.3, 0.4) is 0 Å². The summed E-state index contributed by atoms with van der Waals surface area (Å²) in [5.74, 6) is -1.37. The molecule has 1 unspecified atom stereocenters. The van der Waals surface area contributed by atoms with E-state index in [2.05, 4.69) is 5.32 Å². The van der Waals surface area contributed by atoms with Gasteiger partial charge in [0.1, 0.15) is 0 Å². The molecule has 112 valence electrons. The van der Waals surface area contributed by atoms with Gasteiger partial charge in [-0.15, -0.1) is 11.8 Å². The smallest absolute Gasteiger partial charge is 0.334 e. The molecule has 0 aromatic heterocycles. The summed E-state index contributed by atoms with van der Waals surface area (Å²) < 4.78 is 0. The fraction of sp³-hybridized carbons (Fsp3) is 0.267. The van der Waals surface area contributed by atoms with Gasteiger partial charge in [0.25, 0.3) is 0 Å². The number of carboxylic acid groups (broad SMARTS) is 1. The van der Waals surface area contributed by atoms with Gasteiger partial charge >= 0.3 is 5.97 Å². The average molecular weight is 344 g/mol. The average Bonchev–Trinajstić information content (AvgIpc) is 2.40. The molecule has 2 rings (SSSR count). The number of hydrogen-bond donors (Lipinski definition) is 2. The molecule has 1 aliphatic heterocycles. The fourth-order valence-corrected chi connectivity index (χ4v) is 3.82. The molecular weight excluding hydrogens is 329 g/mol. The Kier molecular flexibility index (Phi) is 4.91. The lowest BCUT2D eigenvalue weighted by atomic mass is 9.86. The van der Waals surface area contributed by atoms with E-state index in [9.17, 15) is 9.90 Å². The Morgan fingerprint density at radius 3 is 2.52 bits per heavy atom. The lowest BCUT2D eigenvalue weighted by Crippen LogP contribution is -2.27. The van der Waals surface area contributed by atoms with E-state index in [0.29, 0.717) is 26.9 Å². The molecule has 3 nitrogen and oxygen atoms in total. The molecular formula is C15H15Cl2NO2S. The number of hydrogen-bond acceptors (Lipinski definition) is 3. The van der Waals surface area contributed by atoms with E-state index in [1.165, 1.54) is 11.8 Å². The van der Waals surface area contributed by atoms with Gasteiger partial charge in [0.15, 0.2) is 0 Å². The van der Waals surface area contributed by atoms with Crippen molar-refractivity contribution in [3.8, 4) is 0 Å². The third-order valence-corrected chi connectivity index (χ3v) is 5.26. The maximum Gasteiger partial charge on any atom is 0.334 e. The van der Waals surface area contributed by atoms with E-state index in [1.807, 2.05) is 19.2 Å². The molecule has 0 saturated carbocycles. The van der Waals surface area contributed by atoms with Gasteiger partial charge in [-0.1, -0.05) is 35.3 Å². The van der Waals surface area contributed by atoms with Crippen molar-refractivity contribution in [1.82, 2.24) is 5.32 Å². The molecule has 0 spiro atoms. The van der Waals surface area contributed by atoms with E-state index in [0.717, 1.165) is 10.6 Å². The number of dihydropyridines is 1. The first kappa shape index (κ1) is 16.3. The quantitative estimate of drug-likeness (QED) is 0.839. The summed E-state index contributed by atoms with van der Waals surface area (Å²) >= 11 is 13.9. The van der Waals surface area contributed by atoms with Gasteiger partial charge < -0.3 is 10.4 Å². The lowest BCUT2D eigenvalue weighted by molar-refractivity contribution is -0.133. The molecule has 1 aromatic rings. The second-order valence-electron chi connectivity index (χ2n) is 4.74. The Hall–Kier alpha value is -1.10. The normalized spacial score (nSPS) is 18.8. The van der Waals surface area contributed by atoms with Crippen LogP contribution in [0.25, 0.3) is 0 Å². The Bertz CT molecular complexity index is 668. The van der Waals surface area contributed by atoms with Gasteiger partial charge in [-0.3, -0.25) is 0 Å². The van der Waals surface area contributed by atoms with E-state index < -0.39 is 11.9 Å². The first-order chi connectivity index (χ1) is 9.88.